The van der Waals surface area contributed by atoms with E-state index in [0.29, 0.717) is 39.1 Å². The third-order valence-corrected chi connectivity index (χ3v) is 10.8. The fourth-order valence-corrected chi connectivity index (χ4v) is 7.55. The van der Waals surface area contributed by atoms with Gasteiger partial charge in [0.1, 0.15) is 13.2 Å². The number of ether oxygens (including phenoxy) is 2. The molecule has 282 valence electrons. The van der Waals surface area contributed by atoms with E-state index < -0.39 is 0 Å². The molecule has 2 unspecified atom stereocenters. The fourth-order valence-electron chi connectivity index (χ4n) is 7.55. The zero-order valence-corrected chi connectivity index (χ0v) is 33.1. The van der Waals surface area contributed by atoms with Crippen LogP contribution in [-0.4, -0.2) is 98.3 Å². The SMILES string of the molecule is CCC1=C(C)/C2=C/c3[nH]c(c(CCC(=O)OCCN(C)C)c3C)/C=C3\NC(/C=c4\[nH]/c(c(C)c4CC)=C\C1N2)C(C)=C3CCC(=O)OCCN(C)C. The molecule has 0 radical (unpaired) electrons. The smallest absolute Gasteiger partial charge is 0.306 e. The maximum atomic E-state index is 12.9. The summed E-state index contributed by atoms with van der Waals surface area (Å²) in [5.41, 5.74) is 13.7. The zero-order chi connectivity index (χ0) is 37.7. The molecule has 0 amide bonds. The van der Waals surface area contributed by atoms with Crippen molar-refractivity contribution in [3.8, 4) is 0 Å². The van der Waals surface area contributed by atoms with Gasteiger partial charge in [0.2, 0.25) is 0 Å². The van der Waals surface area contributed by atoms with Crippen molar-refractivity contribution in [3.63, 3.8) is 0 Å². The Balaban J connectivity index is 1.62. The molecule has 0 saturated heterocycles. The predicted octanol–water partition coefficient (Wildman–Crippen LogP) is 4.39. The molecule has 10 nitrogen and oxygen atoms in total. The first-order valence-electron chi connectivity index (χ1n) is 18.9. The second-order valence-electron chi connectivity index (χ2n) is 14.9. The van der Waals surface area contributed by atoms with Gasteiger partial charge < -0.3 is 39.9 Å². The van der Waals surface area contributed by atoms with E-state index in [1.54, 1.807) is 0 Å². The molecule has 5 rings (SSSR count). The Hall–Kier alpha value is -4.28. The number of likely N-dealkylation sites (N-methyl/N-ethyl adjacent to an activating group) is 2. The third kappa shape index (κ3) is 8.84. The van der Waals surface area contributed by atoms with Gasteiger partial charge in [0, 0.05) is 59.4 Å². The van der Waals surface area contributed by atoms with Gasteiger partial charge in [0.25, 0.3) is 0 Å². The zero-order valence-electron chi connectivity index (χ0n) is 33.1. The molecular formula is C42H60N6O4. The monoisotopic (exact) mass is 712 g/mol. The number of hydrogen-bond donors (Lipinski definition) is 4. The quantitative estimate of drug-likeness (QED) is 0.214. The summed E-state index contributed by atoms with van der Waals surface area (Å²) in [4.78, 5) is 37.3. The lowest BCUT2D eigenvalue weighted by Crippen LogP contribution is -2.27. The number of hydrogen-bond acceptors (Lipinski definition) is 8. The van der Waals surface area contributed by atoms with Crippen LogP contribution in [0.4, 0.5) is 0 Å². The van der Waals surface area contributed by atoms with Crippen molar-refractivity contribution in [1.82, 2.24) is 30.4 Å². The van der Waals surface area contributed by atoms with Crippen molar-refractivity contribution in [3.05, 3.63) is 78.0 Å². The van der Waals surface area contributed by atoms with Crippen LogP contribution in [0.3, 0.4) is 0 Å². The molecule has 0 aliphatic carbocycles. The van der Waals surface area contributed by atoms with Gasteiger partial charge >= 0.3 is 11.9 Å². The van der Waals surface area contributed by atoms with Gasteiger partial charge in [-0.2, -0.15) is 0 Å². The lowest BCUT2D eigenvalue weighted by Gasteiger charge is -2.12. The highest BCUT2D eigenvalue weighted by molar-refractivity contribution is 5.74. The summed E-state index contributed by atoms with van der Waals surface area (Å²) in [5.74, 6) is -0.400. The summed E-state index contributed by atoms with van der Waals surface area (Å²) < 4.78 is 11.1. The highest BCUT2D eigenvalue weighted by atomic mass is 16.5. The Morgan fingerprint density at radius 1 is 0.692 bits per heavy atom. The van der Waals surface area contributed by atoms with E-state index in [0.717, 1.165) is 63.0 Å². The Labute approximate surface area is 309 Å². The van der Waals surface area contributed by atoms with Gasteiger partial charge in [-0.1, -0.05) is 13.8 Å². The van der Waals surface area contributed by atoms with Gasteiger partial charge in [-0.05, 0) is 150 Å². The van der Waals surface area contributed by atoms with Gasteiger partial charge in [0.15, 0.2) is 0 Å². The molecule has 3 aliphatic heterocycles. The number of esters is 2. The lowest BCUT2D eigenvalue weighted by molar-refractivity contribution is -0.144. The average molecular weight is 713 g/mol. The molecule has 10 heteroatoms. The van der Waals surface area contributed by atoms with Crippen LogP contribution in [-0.2, 0) is 31.9 Å². The number of fused-ring (bicyclic) bond motifs is 8. The minimum Gasteiger partial charge on any atom is -0.464 e. The lowest BCUT2D eigenvalue weighted by atomic mass is 9.98. The van der Waals surface area contributed by atoms with Gasteiger partial charge in [-0.3, -0.25) is 9.59 Å². The van der Waals surface area contributed by atoms with E-state index in [-0.39, 0.29) is 36.9 Å². The highest BCUT2D eigenvalue weighted by Crippen LogP contribution is 2.34. The summed E-state index contributed by atoms with van der Waals surface area (Å²) in [6.45, 7) is 15.3. The van der Waals surface area contributed by atoms with Crippen molar-refractivity contribution in [2.24, 2.45) is 0 Å². The number of carbonyl (C=O) groups excluding carboxylic acids is 2. The Morgan fingerprint density at radius 3 is 1.90 bits per heavy atom. The number of aromatic amines is 2. The molecule has 5 heterocycles. The molecule has 2 atom stereocenters. The fraction of sp³-hybridized carbons (Fsp3) is 0.524. The largest absolute Gasteiger partial charge is 0.464 e. The maximum Gasteiger partial charge on any atom is 0.306 e. The van der Waals surface area contributed by atoms with E-state index >= 15 is 0 Å². The molecule has 3 aliphatic rings. The van der Waals surface area contributed by atoms with Crippen molar-refractivity contribution in [2.75, 3.05) is 54.5 Å². The second-order valence-corrected chi connectivity index (χ2v) is 14.9. The van der Waals surface area contributed by atoms with Crippen molar-refractivity contribution in [2.45, 2.75) is 92.2 Å². The van der Waals surface area contributed by atoms with Crippen LogP contribution in [0.1, 0.15) is 87.0 Å². The van der Waals surface area contributed by atoms with Crippen LogP contribution in [0, 0.1) is 13.8 Å². The van der Waals surface area contributed by atoms with Crippen molar-refractivity contribution >= 4 is 36.2 Å². The summed E-state index contributed by atoms with van der Waals surface area (Å²) in [7, 11) is 7.87. The molecule has 52 heavy (non-hydrogen) atoms. The Morgan fingerprint density at radius 2 is 1.29 bits per heavy atom. The van der Waals surface area contributed by atoms with Gasteiger partial charge in [-0.25, -0.2) is 0 Å². The topological polar surface area (TPSA) is 115 Å². The predicted molar refractivity (Wildman–Crippen MR) is 211 cm³/mol. The molecule has 4 N–H and O–H groups in total. The number of H-pyrrole nitrogens is 2. The summed E-state index contributed by atoms with van der Waals surface area (Å²) in [6.07, 6.45) is 12.5. The van der Waals surface area contributed by atoms with E-state index in [9.17, 15) is 9.59 Å². The van der Waals surface area contributed by atoms with Crippen LogP contribution in [0.5, 0.6) is 0 Å². The van der Waals surface area contributed by atoms with Crippen molar-refractivity contribution in [1.29, 1.82) is 0 Å². The molecule has 0 saturated carbocycles. The van der Waals surface area contributed by atoms with Crippen LogP contribution in [0.2, 0.25) is 0 Å². The van der Waals surface area contributed by atoms with Gasteiger partial charge in [0.05, 0.1) is 12.1 Å². The van der Waals surface area contributed by atoms with Crippen LogP contribution in [0.15, 0.2) is 33.7 Å². The first kappa shape index (κ1) is 38.9. The highest BCUT2D eigenvalue weighted by Gasteiger charge is 2.28. The number of aromatic nitrogens is 2. The van der Waals surface area contributed by atoms with E-state index in [4.69, 9.17) is 9.47 Å². The molecule has 8 bridgehead atoms. The number of nitrogens with one attached hydrogen (secondary N) is 4. The first-order chi connectivity index (χ1) is 24.8. The van der Waals surface area contributed by atoms with Crippen LogP contribution in [0.25, 0.3) is 24.3 Å². The standard InChI is InChI=1S/C42H60N6O4/c1-11-29-25(3)33-21-34-27(5)31(13-15-41(49)51-19-17-47(7)8)39(45-34)24-40-32(14-16-42(50)52-20-18-48(9)10)28(6)36(46-40)23-38-30(12-2)26(4)35(44-38)22-37(29)43-33/h21-24,36-37,43-46H,11-20H2,1-10H3/b33-21-,35-22-,38-23-,40-24-. The first-order valence-corrected chi connectivity index (χ1v) is 18.9. The minimum absolute atomic E-state index is 0.0646. The Kier molecular flexibility index (Phi) is 12.8. The van der Waals surface area contributed by atoms with E-state index in [2.05, 4.69) is 86.4 Å². The summed E-state index contributed by atoms with van der Waals surface area (Å²) >= 11 is 0. The molecule has 2 aromatic rings. The third-order valence-electron chi connectivity index (χ3n) is 10.8. The van der Waals surface area contributed by atoms with Crippen molar-refractivity contribution < 1.29 is 19.1 Å². The van der Waals surface area contributed by atoms with Gasteiger partial charge in [-0.15, -0.1) is 0 Å². The minimum atomic E-state index is -0.202. The summed E-state index contributed by atoms with van der Waals surface area (Å²) in [5, 5.41) is 9.91. The molecule has 0 spiro atoms. The number of allylic oxidation sites excluding steroid dienone is 2. The van der Waals surface area contributed by atoms with E-state index in [1.807, 2.05) is 38.0 Å². The average Bonchev–Trinajstić information content (AvgIpc) is 3.75. The number of nitrogens with zero attached hydrogens (tertiary/aromatic N) is 2. The van der Waals surface area contributed by atoms with Crippen LogP contribution >= 0.6 is 0 Å². The van der Waals surface area contributed by atoms with Crippen LogP contribution < -0.4 is 21.3 Å². The molecule has 0 fully saturated rings. The normalized spacial score (nSPS) is 21.5. The maximum absolute atomic E-state index is 12.9. The summed E-state index contributed by atoms with van der Waals surface area (Å²) in [6, 6.07) is 0.0113. The molecular weight excluding hydrogens is 653 g/mol. The number of carbonyl (C=O) groups is 2. The Bertz CT molecular complexity index is 1920. The molecule has 2 aromatic heterocycles. The molecule has 0 aromatic carbocycles. The van der Waals surface area contributed by atoms with E-state index in [1.165, 1.54) is 27.8 Å². The second kappa shape index (κ2) is 17.0. The number of rotatable bonds is 14.